The van der Waals surface area contributed by atoms with Crippen LogP contribution in [0.15, 0.2) is 23.5 Å². The third kappa shape index (κ3) is 1.87. The summed E-state index contributed by atoms with van der Waals surface area (Å²) < 4.78 is 0. The molecule has 0 atom stereocenters. The Bertz CT molecular complexity index is 303. The Morgan fingerprint density at radius 1 is 1.33 bits per heavy atom. The summed E-state index contributed by atoms with van der Waals surface area (Å²) in [6.07, 6.45) is 0. The predicted molar refractivity (Wildman–Crippen MR) is 50.7 cm³/mol. The normalized spacial score (nSPS) is 9.58. The van der Waals surface area contributed by atoms with Crippen LogP contribution >= 0.6 is 23.2 Å². The van der Waals surface area contributed by atoms with Crippen LogP contribution in [0.4, 0.5) is 5.69 Å². The Hall–Kier alpha value is -0.800. The van der Waals surface area contributed by atoms with Gasteiger partial charge in [0.05, 0.1) is 21.0 Å². The molecule has 1 aromatic carbocycles. The Kier molecular flexibility index (Phi) is 2.89. The highest BCUT2D eigenvalue weighted by Gasteiger charge is 2.02. The first-order chi connectivity index (χ1) is 5.65. The molecule has 12 heavy (non-hydrogen) atoms. The van der Waals surface area contributed by atoms with Crippen LogP contribution in [0.25, 0.3) is 0 Å². The summed E-state index contributed by atoms with van der Waals surface area (Å²) in [5.74, 6) is 0. The first kappa shape index (κ1) is 9.29. The Morgan fingerprint density at radius 2 is 2.00 bits per heavy atom. The van der Waals surface area contributed by atoms with Crippen molar-refractivity contribution in [1.82, 2.24) is 0 Å². The van der Waals surface area contributed by atoms with E-state index >= 15 is 0 Å². The lowest BCUT2D eigenvalue weighted by Crippen LogP contribution is -2.06. The van der Waals surface area contributed by atoms with Crippen molar-refractivity contribution in [2.75, 3.05) is 12.1 Å². The molecule has 0 N–H and O–H groups in total. The smallest absolute Gasteiger partial charge is 0.0638 e. The van der Waals surface area contributed by atoms with Crippen LogP contribution in [-0.4, -0.2) is 7.05 Å². The summed E-state index contributed by atoms with van der Waals surface area (Å²) in [5.41, 5.74) is 0.611. The molecule has 1 rings (SSSR count). The third-order valence-electron chi connectivity index (χ3n) is 1.40. The first-order valence-electron chi connectivity index (χ1n) is 3.17. The second-order valence-electron chi connectivity index (χ2n) is 2.20. The van der Waals surface area contributed by atoms with E-state index in [-0.39, 0.29) is 0 Å². The zero-order valence-electron chi connectivity index (χ0n) is 6.29. The molecule has 1 aromatic rings. The molecule has 0 heterocycles. The van der Waals surface area contributed by atoms with E-state index < -0.39 is 0 Å². The summed E-state index contributed by atoms with van der Waals surface area (Å²) in [6, 6.07) is 4.85. The molecule has 0 aliphatic rings. The Labute approximate surface area is 79.8 Å². The number of hydrogen-bond donors (Lipinski definition) is 0. The van der Waals surface area contributed by atoms with Gasteiger partial charge in [-0.1, -0.05) is 23.2 Å². The number of anilines is 1. The molecule has 3 nitrogen and oxygen atoms in total. The van der Waals surface area contributed by atoms with Crippen molar-refractivity contribution in [2.45, 2.75) is 0 Å². The molecule has 0 saturated carbocycles. The molecule has 0 bridgehead atoms. The maximum atomic E-state index is 10.1. The first-order valence-corrected chi connectivity index (χ1v) is 3.93. The van der Waals surface area contributed by atoms with E-state index in [9.17, 15) is 4.91 Å². The summed E-state index contributed by atoms with van der Waals surface area (Å²) >= 11 is 11.4. The number of nitroso groups, excluding NO2 is 1. The topological polar surface area (TPSA) is 32.7 Å². The van der Waals surface area contributed by atoms with Crippen LogP contribution < -0.4 is 5.01 Å². The van der Waals surface area contributed by atoms with E-state index in [0.29, 0.717) is 15.7 Å². The SMILES string of the molecule is CN(N=O)c1ccc(Cl)c(Cl)c1. The fourth-order valence-corrected chi connectivity index (χ4v) is 1.03. The van der Waals surface area contributed by atoms with E-state index in [4.69, 9.17) is 23.2 Å². The summed E-state index contributed by atoms with van der Waals surface area (Å²) in [5, 5.41) is 4.75. The molecule has 0 spiro atoms. The standard InChI is InChI=1S/C7H6Cl2N2O/c1-11(10-12)5-2-3-6(8)7(9)4-5/h2-4H,1H3. The van der Waals surface area contributed by atoms with Crippen molar-refractivity contribution in [3.63, 3.8) is 0 Å². The lowest BCUT2D eigenvalue weighted by Gasteiger charge is -2.08. The molecule has 0 saturated heterocycles. The van der Waals surface area contributed by atoms with Gasteiger partial charge in [-0.25, -0.2) is 5.01 Å². The highest BCUT2D eigenvalue weighted by Crippen LogP contribution is 2.26. The van der Waals surface area contributed by atoms with Crippen molar-refractivity contribution in [3.05, 3.63) is 33.2 Å². The highest BCUT2D eigenvalue weighted by atomic mass is 35.5. The van der Waals surface area contributed by atoms with Crippen molar-refractivity contribution >= 4 is 28.9 Å². The van der Waals surface area contributed by atoms with Crippen molar-refractivity contribution in [2.24, 2.45) is 5.29 Å². The molecule has 5 heteroatoms. The molecular weight excluding hydrogens is 199 g/mol. The molecule has 0 aliphatic heterocycles. The maximum Gasteiger partial charge on any atom is 0.0638 e. The largest absolute Gasteiger partial charge is 0.232 e. The van der Waals surface area contributed by atoms with Gasteiger partial charge in [0.2, 0.25) is 0 Å². The van der Waals surface area contributed by atoms with Gasteiger partial charge < -0.3 is 0 Å². The number of hydrogen-bond acceptors (Lipinski definition) is 2. The van der Waals surface area contributed by atoms with Crippen molar-refractivity contribution in [3.8, 4) is 0 Å². The zero-order valence-corrected chi connectivity index (χ0v) is 7.80. The van der Waals surface area contributed by atoms with Crippen LogP contribution in [0.1, 0.15) is 0 Å². The average Bonchev–Trinajstić information content (AvgIpc) is 2.08. The second kappa shape index (κ2) is 3.74. The van der Waals surface area contributed by atoms with Gasteiger partial charge in [-0.05, 0) is 18.2 Å². The van der Waals surface area contributed by atoms with Gasteiger partial charge in [0.15, 0.2) is 0 Å². The van der Waals surface area contributed by atoms with E-state index in [1.54, 1.807) is 18.2 Å². The Morgan fingerprint density at radius 3 is 2.50 bits per heavy atom. The molecule has 0 fully saturated rings. The van der Waals surface area contributed by atoms with Gasteiger partial charge in [-0.15, -0.1) is 4.91 Å². The van der Waals surface area contributed by atoms with E-state index in [2.05, 4.69) is 5.29 Å². The van der Waals surface area contributed by atoms with Crippen LogP contribution in [0.3, 0.4) is 0 Å². The van der Waals surface area contributed by atoms with Gasteiger partial charge >= 0.3 is 0 Å². The van der Waals surface area contributed by atoms with Gasteiger partial charge in [0, 0.05) is 7.05 Å². The number of nitrogens with zero attached hydrogens (tertiary/aromatic N) is 2. The molecule has 0 unspecified atom stereocenters. The minimum atomic E-state index is 0.407. The summed E-state index contributed by atoms with van der Waals surface area (Å²) in [4.78, 5) is 10.1. The fraction of sp³-hybridized carbons (Fsp3) is 0.143. The zero-order chi connectivity index (χ0) is 9.14. The lowest BCUT2D eigenvalue weighted by molar-refractivity contribution is 1.00. The van der Waals surface area contributed by atoms with Gasteiger partial charge in [-0.3, -0.25) is 0 Å². The number of halogens is 2. The molecule has 0 amide bonds. The van der Waals surface area contributed by atoms with E-state index in [1.807, 2.05) is 0 Å². The molecular formula is C7H6Cl2N2O. The Balaban J connectivity index is 3.04. The fourth-order valence-electron chi connectivity index (χ4n) is 0.733. The number of benzene rings is 1. The summed E-state index contributed by atoms with van der Waals surface area (Å²) in [6.45, 7) is 0. The van der Waals surface area contributed by atoms with Crippen molar-refractivity contribution in [1.29, 1.82) is 0 Å². The van der Waals surface area contributed by atoms with Crippen LogP contribution in [0.2, 0.25) is 10.0 Å². The minimum Gasteiger partial charge on any atom is -0.232 e. The summed E-state index contributed by atoms with van der Waals surface area (Å²) in [7, 11) is 1.53. The van der Waals surface area contributed by atoms with Gasteiger partial charge in [-0.2, -0.15) is 0 Å². The monoisotopic (exact) mass is 204 g/mol. The number of rotatable bonds is 2. The van der Waals surface area contributed by atoms with Gasteiger partial charge in [0.25, 0.3) is 0 Å². The highest BCUT2D eigenvalue weighted by molar-refractivity contribution is 6.42. The third-order valence-corrected chi connectivity index (χ3v) is 2.14. The maximum absolute atomic E-state index is 10.1. The van der Waals surface area contributed by atoms with Crippen LogP contribution in [-0.2, 0) is 0 Å². The lowest BCUT2D eigenvalue weighted by atomic mass is 10.3. The van der Waals surface area contributed by atoms with E-state index in [1.165, 1.54) is 12.1 Å². The molecule has 0 radical (unpaired) electrons. The molecule has 0 aliphatic carbocycles. The van der Waals surface area contributed by atoms with Crippen LogP contribution in [0.5, 0.6) is 0 Å². The average molecular weight is 205 g/mol. The molecule has 0 aromatic heterocycles. The predicted octanol–water partition coefficient (Wildman–Crippen LogP) is 3.11. The van der Waals surface area contributed by atoms with Gasteiger partial charge in [0.1, 0.15) is 0 Å². The van der Waals surface area contributed by atoms with Crippen LogP contribution in [0, 0.1) is 4.91 Å². The minimum absolute atomic E-state index is 0.407. The van der Waals surface area contributed by atoms with E-state index in [0.717, 1.165) is 0 Å². The van der Waals surface area contributed by atoms with Crippen molar-refractivity contribution < 1.29 is 0 Å². The molecule has 64 valence electrons. The second-order valence-corrected chi connectivity index (χ2v) is 3.02. The quantitative estimate of drug-likeness (QED) is 0.548.